The second-order valence-corrected chi connectivity index (χ2v) is 7.09. The summed E-state index contributed by atoms with van der Waals surface area (Å²) < 4.78 is 13.4. The zero-order valence-corrected chi connectivity index (χ0v) is 14.6. The van der Waals surface area contributed by atoms with Crippen LogP contribution in [0.3, 0.4) is 0 Å². The molecule has 132 valence electrons. The summed E-state index contributed by atoms with van der Waals surface area (Å²) in [4.78, 5) is 18.1. The van der Waals surface area contributed by atoms with Gasteiger partial charge in [-0.15, -0.1) is 0 Å². The maximum atomic E-state index is 13.4. The molecule has 0 spiro atoms. The van der Waals surface area contributed by atoms with E-state index in [4.69, 9.17) is 0 Å². The summed E-state index contributed by atoms with van der Waals surface area (Å²) >= 11 is 0. The van der Waals surface area contributed by atoms with Gasteiger partial charge in [0.2, 0.25) is 5.91 Å². The Morgan fingerprint density at radius 3 is 2.96 bits per heavy atom. The molecular formula is C20H24FN3O. The molecule has 1 atom stereocenters. The van der Waals surface area contributed by atoms with E-state index in [1.165, 1.54) is 17.7 Å². The molecule has 1 fully saturated rings. The van der Waals surface area contributed by atoms with Gasteiger partial charge in [0.25, 0.3) is 0 Å². The Balaban J connectivity index is 1.54. The number of carbonyl (C=O) groups excluding carboxylic acids is 1. The molecule has 2 aliphatic rings. The molecule has 0 bridgehead atoms. The molecule has 5 heteroatoms. The van der Waals surface area contributed by atoms with E-state index in [1.807, 2.05) is 17.2 Å². The first kappa shape index (κ1) is 16.3. The highest BCUT2D eigenvalue weighted by atomic mass is 19.1. The number of aromatic amines is 1. The highest BCUT2D eigenvalue weighted by Gasteiger charge is 2.41. The van der Waals surface area contributed by atoms with E-state index in [0.29, 0.717) is 6.54 Å². The monoisotopic (exact) mass is 341 g/mol. The number of aromatic nitrogens is 1. The number of fused-ring (bicyclic) bond motifs is 1. The zero-order chi connectivity index (χ0) is 17.4. The van der Waals surface area contributed by atoms with Gasteiger partial charge < -0.3 is 15.2 Å². The van der Waals surface area contributed by atoms with Gasteiger partial charge in [0.05, 0.1) is 5.54 Å². The van der Waals surface area contributed by atoms with Gasteiger partial charge in [-0.05, 0) is 56.0 Å². The van der Waals surface area contributed by atoms with Gasteiger partial charge >= 0.3 is 0 Å². The van der Waals surface area contributed by atoms with E-state index in [0.717, 1.165) is 55.2 Å². The number of nitrogens with zero attached hydrogens (tertiary/aromatic N) is 1. The molecule has 2 aliphatic heterocycles. The van der Waals surface area contributed by atoms with Crippen LogP contribution in [0.4, 0.5) is 4.39 Å². The van der Waals surface area contributed by atoms with Crippen molar-refractivity contribution in [3.8, 4) is 0 Å². The SMILES string of the molecule is CCC1(C(=O)N2CC=C(c3c[nH]c4cc(F)ccc34)CC2)CCCN1. The fourth-order valence-electron chi connectivity index (χ4n) is 4.21. The summed E-state index contributed by atoms with van der Waals surface area (Å²) in [7, 11) is 0. The number of rotatable bonds is 3. The van der Waals surface area contributed by atoms with Crippen LogP contribution < -0.4 is 5.32 Å². The second-order valence-electron chi connectivity index (χ2n) is 7.09. The van der Waals surface area contributed by atoms with Crippen LogP contribution in [0.25, 0.3) is 16.5 Å². The minimum Gasteiger partial charge on any atom is -0.360 e. The van der Waals surface area contributed by atoms with Crippen molar-refractivity contribution < 1.29 is 9.18 Å². The largest absolute Gasteiger partial charge is 0.360 e. The lowest BCUT2D eigenvalue weighted by Crippen LogP contribution is -2.55. The first-order valence-electron chi connectivity index (χ1n) is 9.13. The fraction of sp³-hybridized carbons (Fsp3) is 0.450. The smallest absolute Gasteiger partial charge is 0.243 e. The average Bonchev–Trinajstić information content (AvgIpc) is 3.28. The van der Waals surface area contributed by atoms with Gasteiger partial charge in [-0.1, -0.05) is 13.0 Å². The number of amides is 1. The lowest BCUT2D eigenvalue weighted by atomic mass is 9.91. The van der Waals surface area contributed by atoms with E-state index in [1.54, 1.807) is 0 Å². The third-order valence-electron chi connectivity index (χ3n) is 5.74. The maximum absolute atomic E-state index is 13.4. The number of benzene rings is 1. The topological polar surface area (TPSA) is 48.1 Å². The molecule has 3 heterocycles. The van der Waals surface area contributed by atoms with Crippen molar-refractivity contribution in [1.82, 2.24) is 15.2 Å². The number of hydrogen-bond donors (Lipinski definition) is 2. The predicted molar refractivity (Wildman–Crippen MR) is 97.7 cm³/mol. The molecule has 2 aromatic rings. The minimum absolute atomic E-state index is 0.232. The standard InChI is InChI=1S/C20H24FN3O/c1-2-20(8-3-9-23-20)19(25)24-10-6-14(7-11-24)17-13-22-18-12-15(21)4-5-16(17)18/h4-6,12-13,22-23H,2-3,7-11H2,1H3. The minimum atomic E-state index is -0.357. The number of hydrogen-bond acceptors (Lipinski definition) is 2. The van der Waals surface area contributed by atoms with E-state index >= 15 is 0 Å². The van der Waals surface area contributed by atoms with Crippen LogP contribution >= 0.6 is 0 Å². The Morgan fingerprint density at radius 2 is 2.28 bits per heavy atom. The molecule has 2 N–H and O–H groups in total. The molecule has 1 amide bonds. The molecule has 0 radical (unpaired) electrons. The van der Waals surface area contributed by atoms with Crippen LogP contribution in [-0.2, 0) is 4.79 Å². The highest BCUT2D eigenvalue weighted by Crippen LogP contribution is 2.31. The first-order valence-corrected chi connectivity index (χ1v) is 9.13. The number of H-pyrrole nitrogens is 1. The van der Waals surface area contributed by atoms with Gasteiger partial charge in [-0.25, -0.2) is 4.39 Å². The van der Waals surface area contributed by atoms with Crippen molar-refractivity contribution in [2.75, 3.05) is 19.6 Å². The van der Waals surface area contributed by atoms with Crippen molar-refractivity contribution >= 4 is 22.4 Å². The van der Waals surface area contributed by atoms with E-state index < -0.39 is 0 Å². The van der Waals surface area contributed by atoms with E-state index in [-0.39, 0.29) is 17.3 Å². The summed E-state index contributed by atoms with van der Waals surface area (Å²) in [5.74, 6) is 0.00743. The molecule has 1 aromatic heterocycles. The normalized spacial score (nSPS) is 23.9. The lowest BCUT2D eigenvalue weighted by Gasteiger charge is -2.35. The summed E-state index contributed by atoms with van der Waals surface area (Å²) in [6.45, 7) is 4.40. The van der Waals surface area contributed by atoms with E-state index in [9.17, 15) is 9.18 Å². The van der Waals surface area contributed by atoms with Crippen molar-refractivity contribution in [2.45, 2.75) is 38.1 Å². The Kier molecular flexibility index (Phi) is 4.12. The van der Waals surface area contributed by atoms with Gasteiger partial charge in [0.1, 0.15) is 5.82 Å². The summed E-state index contributed by atoms with van der Waals surface area (Å²) in [5.41, 5.74) is 2.80. The van der Waals surface area contributed by atoms with Crippen LogP contribution in [0.5, 0.6) is 0 Å². The van der Waals surface area contributed by atoms with Crippen LogP contribution in [0.1, 0.15) is 38.2 Å². The average molecular weight is 341 g/mol. The number of nitrogens with one attached hydrogen (secondary N) is 2. The predicted octanol–water partition coefficient (Wildman–Crippen LogP) is 3.45. The van der Waals surface area contributed by atoms with Gasteiger partial charge in [0, 0.05) is 35.8 Å². The Labute approximate surface area is 147 Å². The summed E-state index contributed by atoms with van der Waals surface area (Å²) in [6, 6.07) is 4.84. The second kappa shape index (κ2) is 6.30. The van der Waals surface area contributed by atoms with Crippen LogP contribution in [-0.4, -0.2) is 41.0 Å². The molecule has 4 nitrogen and oxygen atoms in total. The van der Waals surface area contributed by atoms with Gasteiger partial charge in [0.15, 0.2) is 0 Å². The summed E-state index contributed by atoms with van der Waals surface area (Å²) in [6.07, 6.45) is 7.76. The lowest BCUT2D eigenvalue weighted by molar-refractivity contribution is -0.137. The quantitative estimate of drug-likeness (QED) is 0.898. The fourth-order valence-corrected chi connectivity index (χ4v) is 4.21. The zero-order valence-electron chi connectivity index (χ0n) is 14.6. The third kappa shape index (κ3) is 2.76. The Morgan fingerprint density at radius 1 is 1.40 bits per heavy atom. The van der Waals surface area contributed by atoms with Gasteiger partial charge in [-0.3, -0.25) is 4.79 Å². The van der Waals surface area contributed by atoms with Crippen molar-refractivity contribution in [3.05, 3.63) is 41.9 Å². The van der Waals surface area contributed by atoms with Crippen LogP contribution in [0, 0.1) is 5.82 Å². The molecule has 25 heavy (non-hydrogen) atoms. The highest BCUT2D eigenvalue weighted by molar-refractivity contribution is 5.93. The molecule has 4 rings (SSSR count). The Hall–Kier alpha value is -2.14. The molecular weight excluding hydrogens is 317 g/mol. The maximum Gasteiger partial charge on any atom is 0.243 e. The van der Waals surface area contributed by atoms with Crippen molar-refractivity contribution in [2.24, 2.45) is 0 Å². The van der Waals surface area contributed by atoms with Crippen LogP contribution in [0.15, 0.2) is 30.5 Å². The molecule has 0 saturated carbocycles. The number of halogens is 1. The molecule has 0 aliphatic carbocycles. The van der Waals surface area contributed by atoms with Crippen LogP contribution in [0.2, 0.25) is 0 Å². The molecule has 1 unspecified atom stereocenters. The number of carbonyl (C=O) groups is 1. The summed E-state index contributed by atoms with van der Waals surface area (Å²) in [5, 5.41) is 4.47. The molecule has 1 saturated heterocycles. The van der Waals surface area contributed by atoms with Gasteiger partial charge in [-0.2, -0.15) is 0 Å². The Bertz CT molecular complexity index is 833. The van der Waals surface area contributed by atoms with E-state index in [2.05, 4.69) is 23.3 Å². The third-order valence-corrected chi connectivity index (χ3v) is 5.74. The first-order chi connectivity index (χ1) is 12.1. The van der Waals surface area contributed by atoms with Crippen molar-refractivity contribution in [3.63, 3.8) is 0 Å². The molecule has 1 aromatic carbocycles. The van der Waals surface area contributed by atoms with Crippen molar-refractivity contribution in [1.29, 1.82) is 0 Å².